The van der Waals surface area contributed by atoms with Crippen LogP contribution < -0.4 is 27.4 Å². The molecule has 2 rings (SSSR count). The first-order chi connectivity index (χ1) is 15.7. The van der Waals surface area contributed by atoms with Crippen LogP contribution in [0.2, 0.25) is 0 Å². The lowest BCUT2D eigenvalue weighted by Crippen LogP contribution is -2.57. The van der Waals surface area contributed by atoms with Crippen molar-refractivity contribution in [3.05, 3.63) is 36.4 Å². The molecule has 0 aromatic carbocycles. The average Bonchev–Trinajstić information content (AvgIpc) is 3.45. The van der Waals surface area contributed by atoms with Crippen molar-refractivity contribution in [3.63, 3.8) is 0 Å². The predicted octanol–water partition coefficient (Wildman–Crippen LogP) is -3.71. The fourth-order valence-electron chi connectivity index (χ4n) is 2.85. The molecule has 0 fully saturated rings. The van der Waals surface area contributed by atoms with E-state index in [2.05, 4.69) is 35.9 Å². The molecule has 15 nitrogen and oxygen atoms in total. The van der Waals surface area contributed by atoms with Crippen molar-refractivity contribution in [3.8, 4) is 0 Å². The number of aromatic amines is 2. The maximum Gasteiger partial charge on any atom is 0.326 e. The summed E-state index contributed by atoms with van der Waals surface area (Å²) in [7, 11) is 0. The van der Waals surface area contributed by atoms with Crippen molar-refractivity contribution in [1.82, 2.24) is 35.9 Å². The van der Waals surface area contributed by atoms with E-state index >= 15 is 0 Å². The zero-order valence-electron chi connectivity index (χ0n) is 17.4. The van der Waals surface area contributed by atoms with Gasteiger partial charge in [-0.2, -0.15) is 0 Å². The van der Waals surface area contributed by atoms with Crippen LogP contribution >= 0.6 is 0 Å². The van der Waals surface area contributed by atoms with Crippen molar-refractivity contribution in [1.29, 1.82) is 0 Å². The Bertz CT molecular complexity index is 960. The van der Waals surface area contributed by atoms with Crippen LogP contribution in [-0.2, 0) is 36.8 Å². The van der Waals surface area contributed by atoms with E-state index in [1.165, 1.54) is 25.0 Å². The summed E-state index contributed by atoms with van der Waals surface area (Å²) in [5.74, 6) is -4.57. The Morgan fingerprint density at radius 2 is 1.39 bits per heavy atom. The summed E-state index contributed by atoms with van der Waals surface area (Å²) in [6.07, 6.45) is 4.87. The van der Waals surface area contributed by atoms with Gasteiger partial charge in [-0.05, 0) is 0 Å². The third-order valence-electron chi connectivity index (χ3n) is 4.45. The second-order valence-corrected chi connectivity index (χ2v) is 7.02. The number of aliphatic carboxylic acids is 1. The van der Waals surface area contributed by atoms with E-state index in [0.717, 1.165) is 0 Å². The molecule has 0 aliphatic rings. The van der Waals surface area contributed by atoms with Gasteiger partial charge in [0.2, 0.25) is 23.6 Å². The molecule has 0 radical (unpaired) electrons. The molecule has 3 unspecified atom stereocenters. The van der Waals surface area contributed by atoms with Crippen molar-refractivity contribution >= 4 is 29.6 Å². The van der Waals surface area contributed by atoms with E-state index in [-0.39, 0.29) is 12.8 Å². The van der Waals surface area contributed by atoms with E-state index in [1.807, 2.05) is 0 Å². The molecule has 0 bridgehead atoms. The maximum absolute atomic E-state index is 12.9. The number of carboxylic acid groups (broad SMARTS) is 1. The van der Waals surface area contributed by atoms with E-state index in [4.69, 9.17) is 11.5 Å². The first kappa shape index (κ1) is 25.0. The van der Waals surface area contributed by atoms with Crippen LogP contribution in [0, 0.1) is 0 Å². The molecule has 0 saturated carbocycles. The second-order valence-electron chi connectivity index (χ2n) is 7.02. The lowest BCUT2D eigenvalue weighted by atomic mass is 10.1. The molecule has 2 aromatic heterocycles. The Kier molecular flexibility index (Phi) is 9.05. The molecule has 0 spiro atoms. The van der Waals surface area contributed by atoms with Gasteiger partial charge in [0.15, 0.2) is 0 Å². The monoisotopic (exact) mass is 463 g/mol. The SMILES string of the molecule is NCC(=O)NC(CC(N)=O)C(=O)NC(Cc1cnc[nH]1)C(=O)NC(Cc1cnc[nH]1)C(=O)O. The summed E-state index contributed by atoms with van der Waals surface area (Å²) >= 11 is 0. The van der Waals surface area contributed by atoms with Crippen LogP contribution in [0.5, 0.6) is 0 Å². The smallest absolute Gasteiger partial charge is 0.326 e. The number of aromatic nitrogens is 4. The van der Waals surface area contributed by atoms with Crippen molar-refractivity contribution in [2.75, 3.05) is 6.54 Å². The fourth-order valence-corrected chi connectivity index (χ4v) is 2.85. The number of primary amides is 1. The molecule has 0 aliphatic heterocycles. The highest BCUT2D eigenvalue weighted by molar-refractivity contribution is 5.95. The zero-order valence-corrected chi connectivity index (χ0v) is 17.4. The van der Waals surface area contributed by atoms with Gasteiger partial charge in [0.25, 0.3) is 0 Å². The van der Waals surface area contributed by atoms with E-state index < -0.39 is 60.7 Å². The number of nitrogens with zero attached hydrogens (tertiary/aromatic N) is 2. The summed E-state index contributed by atoms with van der Waals surface area (Å²) in [5.41, 5.74) is 11.3. The van der Waals surface area contributed by atoms with Gasteiger partial charge in [-0.15, -0.1) is 0 Å². The van der Waals surface area contributed by atoms with E-state index in [1.54, 1.807) is 0 Å². The third-order valence-corrected chi connectivity index (χ3v) is 4.45. The number of hydrogen-bond acceptors (Lipinski definition) is 8. The molecule has 2 aromatic rings. The average molecular weight is 463 g/mol. The molecule has 0 saturated heterocycles. The minimum atomic E-state index is -1.38. The number of rotatable bonds is 13. The minimum absolute atomic E-state index is 0.0807. The highest BCUT2D eigenvalue weighted by atomic mass is 16.4. The van der Waals surface area contributed by atoms with Crippen LogP contribution in [0.15, 0.2) is 25.0 Å². The van der Waals surface area contributed by atoms with Gasteiger partial charge in [0, 0.05) is 36.6 Å². The zero-order chi connectivity index (χ0) is 24.4. The number of carbonyl (C=O) groups is 5. The number of H-pyrrole nitrogens is 2. The first-order valence-electron chi connectivity index (χ1n) is 9.75. The Balaban J connectivity index is 2.18. The van der Waals surface area contributed by atoms with Gasteiger partial charge < -0.3 is 42.5 Å². The molecule has 10 N–H and O–H groups in total. The molecule has 15 heteroatoms. The van der Waals surface area contributed by atoms with E-state index in [9.17, 15) is 29.1 Å². The topological polar surface area (TPSA) is 251 Å². The lowest BCUT2D eigenvalue weighted by Gasteiger charge is -2.23. The summed E-state index contributed by atoms with van der Waals surface area (Å²) < 4.78 is 0. The molecule has 178 valence electrons. The largest absolute Gasteiger partial charge is 0.480 e. The van der Waals surface area contributed by atoms with Crippen LogP contribution in [0.4, 0.5) is 0 Å². The number of carboxylic acids is 1. The highest BCUT2D eigenvalue weighted by Gasteiger charge is 2.31. The number of hydrogen-bond donors (Lipinski definition) is 8. The highest BCUT2D eigenvalue weighted by Crippen LogP contribution is 2.04. The molecule has 4 amide bonds. The molecule has 0 aliphatic carbocycles. The van der Waals surface area contributed by atoms with Crippen LogP contribution in [0.25, 0.3) is 0 Å². The summed E-state index contributed by atoms with van der Waals surface area (Å²) in [5, 5.41) is 16.5. The van der Waals surface area contributed by atoms with Crippen molar-refractivity contribution in [2.24, 2.45) is 11.5 Å². The number of nitrogens with one attached hydrogen (secondary N) is 5. The molecule has 33 heavy (non-hydrogen) atoms. The van der Waals surface area contributed by atoms with Gasteiger partial charge in [0.05, 0.1) is 25.6 Å². The molecule has 3 atom stereocenters. The molecule has 2 heterocycles. The van der Waals surface area contributed by atoms with Gasteiger partial charge in [-0.25, -0.2) is 14.8 Å². The van der Waals surface area contributed by atoms with Gasteiger partial charge in [0.1, 0.15) is 18.1 Å². The standard InChI is InChI=1S/C18H25N9O6/c19-4-15(29)25-12(3-14(20)28)17(31)26-11(1-9-5-21-7-23-9)16(30)27-13(18(32)33)2-10-6-22-8-24-10/h5-8,11-13H,1-4,19H2,(H2,20,28)(H,21,23)(H,22,24)(H,25,29)(H,26,31)(H,27,30)(H,32,33). The number of imidazole rings is 2. The van der Waals surface area contributed by atoms with Gasteiger partial charge in [-0.3, -0.25) is 19.2 Å². The first-order valence-corrected chi connectivity index (χ1v) is 9.75. The fraction of sp³-hybridized carbons (Fsp3) is 0.389. The van der Waals surface area contributed by atoms with Gasteiger partial charge in [-0.1, -0.05) is 0 Å². The normalized spacial score (nSPS) is 13.4. The van der Waals surface area contributed by atoms with Crippen LogP contribution in [0.3, 0.4) is 0 Å². The lowest BCUT2D eigenvalue weighted by molar-refractivity contribution is -0.142. The maximum atomic E-state index is 12.9. The Morgan fingerprint density at radius 3 is 1.85 bits per heavy atom. The number of amides is 4. The molecular formula is C18H25N9O6. The van der Waals surface area contributed by atoms with Crippen molar-refractivity contribution in [2.45, 2.75) is 37.4 Å². The molecular weight excluding hydrogens is 438 g/mol. The predicted molar refractivity (Wildman–Crippen MR) is 111 cm³/mol. The Morgan fingerprint density at radius 1 is 0.879 bits per heavy atom. The number of carbonyl (C=O) groups excluding carboxylic acids is 4. The Labute approximate surface area is 187 Å². The third kappa shape index (κ3) is 8.06. The summed E-state index contributed by atoms with van der Waals surface area (Å²) in [6, 6.07) is -3.97. The van der Waals surface area contributed by atoms with Crippen LogP contribution in [-0.4, -0.2) is 79.3 Å². The quantitative estimate of drug-likeness (QED) is 0.145. The number of nitrogens with two attached hydrogens (primary N) is 2. The minimum Gasteiger partial charge on any atom is -0.480 e. The van der Waals surface area contributed by atoms with Crippen molar-refractivity contribution < 1.29 is 29.1 Å². The Hall–Kier alpha value is -4.27. The van der Waals surface area contributed by atoms with E-state index in [0.29, 0.717) is 11.4 Å². The summed E-state index contributed by atoms with van der Waals surface area (Å²) in [4.78, 5) is 73.4. The second kappa shape index (κ2) is 11.9. The van der Waals surface area contributed by atoms with Crippen LogP contribution in [0.1, 0.15) is 17.8 Å². The summed E-state index contributed by atoms with van der Waals surface area (Å²) in [6.45, 7) is -0.436. The van der Waals surface area contributed by atoms with Gasteiger partial charge >= 0.3 is 5.97 Å².